The summed E-state index contributed by atoms with van der Waals surface area (Å²) < 4.78 is 11.3. The summed E-state index contributed by atoms with van der Waals surface area (Å²) in [6.45, 7) is 1.79. The third-order valence-corrected chi connectivity index (χ3v) is 5.39. The van der Waals surface area contributed by atoms with Gasteiger partial charge in [-0.3, -0.25) is 9.78 Å². The minimum atomic E-state index is -0.504. The summed E-state index contributed by atoms with van der Waals surface area (Å²) in [6.07, 6.45) is 4.77. The fourth-order valence-corrected chi connectivity index (χ4v) is 3.74. The molecule has 0 radical (unpaired) electrons. The molecule has 2 heterocycles. The van der Waals surface area contributed by atoms with Crippen LogP contribution in [0.4, 0.5) is 0 Å². The van der Waals surface area contributed by atoms with E-state index < -0.39 is 5.97 Å². The van der Waals surface area contributed by atoms with Crippen molar-refractivity contribution < 1.29 is 19.1 Å². The van der Waals surface area contributed by atoms with Gasteiger partial charge in [-0.15, -0.1) is 0 Å². The van der Waals surface area contributed by atoms with Crippen LogP contribution in [0, 0.1) is 6.92 Å². The molecule has 5 rings (SSSR count). The fourth-order valence-electron chi connectivity index (χ4n) is 3.74. The average molecular weight is 433 g/mol. The van der Waals surface area contributed by atoms with Crippen LogP contribution in [-0.2, 0) is 0 Å². The lowest BCUT2D eigenvalue weighted by atomic mass is 10.0. The van der Waals surface area contributed by atoms with Gasteiger partial charge < -0.3 is 9.47 Å². The molecule has 3 aromatic carbocycles. The number of pyridine rings is 1. The van der Waals surface area contributed by atoms with E-state index in [0.29, 0.717) is 28.2 Å². The van der Waals surface area contributed by atoms with E-state index in [9.17, 15) is 9.59 Å². The Labute approximate surface area is 191 Å². The Kier molecular flexibility index (Phi) is 5.29. The average Bonchev–Trinajstić information content (AvgIpc) is 3.16. The van der Waals surface area contributed by atoms with Crippen LogP contribution in [0.15, 0.2) is 97.0 Å². The topological polar surface area (TPSA) is 65.5 Å². The summed E-state index contributed by atoms with van der Waals surface area (Å²) in [4.78, 5) is 29.2. The van der Waals surface area contributed by atoms with E-state index in [1.807, 2.05) is 42.5 Å². The van der Waals surface area contributed by atoms with Crippen molar-refractivity contribution in [3.63, 3.8) is 0 Å². The number of aromatic nitrogens is 1. The number of benzene rings is 3. The maximum atomic E-state index is 13.0. The number of aryl methyl sites for hydroxylation is 1. The Bertz CT molecular complexity index is 1380. The summed E-state index contributed by atoms with van der Waals surface area (Å²) in [6, 6.07) is 24.4. The zero-order valence-electron chi connectivity index (χ0n) is 17.8. The number of rotatable bonds is 4. The number of ketones is 1. The van der Waals surface area contributed by atoms with Crippen molar-refractivity contribution in [1.29, 1.82) is 0 Å². The van der Waals surface area contributed by atoms with Crippen molar-refractivity contribution in [3.8, 4) is 22.6 Å². The number of fused-ring (bicyclic) bond motifs is 1. The molecule has 5 heteroatoms. The number of nitrogens with zero attached hydrogens (tertiary/aromatic N) is 1. The number of hydrogen-bond donors (Lipinski definition) is 0. The molecule has 0 atom stereocenters. The third-order valence-electron chi connectivity index (χ3n) is 5.39. The number of allylic oxidation sites excluding steroid dienone is 1. The lowest BCUT2D eigenvalue weighted by Crippen LogP contribution is -2.08. The van der Waals surface area contributed by atoms with Crippen LogP contribution in [0.25, 0.3) is 17.2 Å². The first-order chi connectivity index (χ1) is 16.1. The Morgan fingerprint density at radius 1 is 0.909 bits per heavy atom. The molecule has 33 heavy (non-hydrogen) atoms. The summed E-state index contributed by atoms with van der Waals surface area (Å²) >= 11 is 0. The second-order valence-electron chi connectivity index (χ2n) is 7.67. The van der Waals surface area contributed by atoms with E-state index in [1.54, 1.807) is 37.3 Å². The van der Waals surface area contributed by atoms with Crippen LogP contribution < -0.4 is 9.47 Å². The first-order valence-electron chi connectivity index (χ1n) is 10.4. The van der Waals surface area contributed by atoms with Crippen LogP contribution in [0.2, 0.25) is 0 Å². The van der Waals surface area contributed by atoms with E-state index in [-0.39, 0.29) is 11.5 Å². The molecule has 0 saturated carbocycles. The molecule has 4 aromatic rings. The van der Waals surface area contributed by atoms with E-state index >= 15 is 0 Å². The van der Waals surface area contributed by atoms with Gasteiger partial charge in [-0.05, 0) is 53.5 Å². The minimum Gasteiger partial charge on any atom is -0.452 e. The highest BCUT2D eigenvalue weighted by Crippen LogP contribution is 2.37. The number of hydrogen-bond acceptors (Lipinski definition) is 5. The largest absolute Gasteiger partial charge is 0.452 e. The lowest BCUT2D eigenvalue weighted by molar-refractivity contribution is 0.0734. The second kappa shape index (κ2) is 8.55. The number of esters is 1. The third kappa shape index (κ3) is 4.16. The Morgan fingerprint density at radius 2 is 1.61 bits per heavy atom. The van der Waals surface area contributed by atoms with Crippen molar-refractivity contribution >= 4 is 17.8 Å². The first-order valence-corrected chi connectivity index (χ1v) is 10.4. The molecule has 0 N–H and O–H groups in total. The second-order valence-corrected chi connectivity index (χ2v) is 7.67. The van der Waals surface area contributed by atoms with E-state index in [4.69, 9.17) is 9.47 Å². The molecule has 1 aliphatic heterocycles. The number of Topliss-reactive ketones (excluding diaryl/α,β-unsaturated/α-hetero) is 1. The Balaban J connectivity index is 1.37. The van der Waals surface area contributed by atoms with Gasteiger partial charge in [-0.25, -0.2) is 4.79 Å². The molecule has 5 nitrogen and oxygen atoms in total. The molecule has 0 aliphatic carbocycles. The lowest BCUT2D eigenvalue weighted by Gasteiger charge is -2.07. The zero-order valence-corrected chi connectivity index (χ0v) is 17.8. The summed E-state index contributed by atoms with van der Waals surface area (Å²) in [5.41, 5.74) is 4.62. The molecule has 0 amide bonds. The maximum Gasteiger partial charge on any atom is 0.343 e. The van der Waals surface area contributed by atoms with E-state index in [1.165, 1.54) is 12.4 Å². The fraction of sp³-hybridized carbons (Fsp3) is 0.0357. The van der Waals surface area contributed by atoms with Gasteiger partial charge in [0.05, 0.1) is 11.1 Å². The predicted octanol–water partition coefficient (Wildman–Crippen LogP) is 5.89. The molecular weight excluding hydrogens is 414 g/mol. The summed E-state index contributed by atoms with van der Waals surface area (Å²) in [5, 5.41) is 0. The number of ether oxygens (including phenoxy) is 2. The smallest absolute Gasteiger partial charge is 0.343 e. The number of carbonyl (C=O) groups is 2. The molecular formula is C28H19NO4. The molecule has 0 fully saturated rings. The van der Waals surface area contributed by atoms with Gasteiger partial charge in [0.2, 0.25) is 5.78 Å². The zero-order chi connectivity index (χ0) is 22.8. The van der Waals surface area contributed by atoms with Crippen LogP contribution in [0.3, 0.4) is 0 Å². The normalized spacial score (nSPS) is 13.5. The summed E-state index contributed by atoms with van der Waals surface area (Å²) in [7, 11) is 0. The highest BCUT2D eigenvalue weighted by atomic mass is 16.5. The monoisotopic (exact) mass is 433 g/mol. The van der Waals surface area contributed by atoms with Crippen molar-refractivity contribution in [2.75, 3.05) is 0 Å². The standard InChI is InChI=1S/C28H19NO4/c1-18-15-23(32-28(31)22-11-13-29-14-12-22)17-24-26(18)27(30)25(33-24)16-19-7-9-21(10-8-19)20-5-3-2-4-6-20/h2-17H,1H3/b25-16-. The molecule has 0 spiro atoms. The predicted molar refractivity (Wildman–Crippen MR) is 125 cm³/mol. The molecule has 0 unspecified atom stereocenters. The van der Waals surface area contributed by atoms with Crippen molar-refractivity contribution in [3.05, 3.63) is 119 Å². The molecule has 0 saturated heterocycles. The van der Waals surface area contributed by atoms with Gasteiger partial charge in [0.25, 0.3) is 0 Å². The van der Waals surface area contributed by atoms with Crippen LogP contribution >= 0.6 is 0 Å². The molecule has 160 valence electrons. The quantitative estimate of drug-likeness (QED) is 0.228. The highest BCUT2D eigenvalue weighted by Gasteiger charge is 2.30. The minimum absolute atomic E-state index is 0.193. The Hall–Kier alpha value is -4.51. The maximum absolute atomic E-state index is 13.0. The van der Waals surface area contributed by atoms with Crippen molar-refractivity contribution in [2.24, 2.45) is 0 Å². The first kappa shape index (κ1) is 20.4. The molecule has 0 bridgehead atoms. The SMILES string of the molecule is Cc1cc(OC(=O)c2ccncc2)cc2c1C(=O)/C(=C/c1ccc(-c3ccccc3)cc1)O2. The van der Waals surface area contributed by atoms with Crippen LogP contribution in [0.5, 0.6) is 11.5 Å². The van der Waals surface area contributed by atoms with Gasteiger partial charge in [0, 0.05) is 18.5 Å². The molecule has 1 aliphatic rings. The van der Waals surface area contributed by atoms with E-state index in [2.05, 4.69) is 17.1 Å². The van der Waals surface area contributed by atoms with Crippen LogP contribution in [-0.4, -0.2) is 16.7 Å². The van der Waals surface area contributed by atoms with Crippen molar-refractivity contribution in [2.45, 2.75) is 6.92 Å². The Morgan fingerprint density at radius 3 is 2.33 bits per heavy atom. The highest BCUT2D eigenvalue weighted by molar-refractivity contribution is 6.15. The van der Waals surface area contributed by atoms with E-state index in [0.717, 1.165) is 16.7 Å². The van der Waals surface area contributed by atoms with Crippen molar-refractivity contribution in [1.82, 2.24) is 4.98 Å². The summed E-state index contributed by atoms with van der Waals surface area (Å²) in [5.74, 6) is 0.231. The molecule has 1 aromatic heterocycles. The number of carbonyl (C=O) groups excluding carboxylic acids is 2. The van der Waals surface area contributed by atoms with Gasteiger partial charge in [0.1, 0.15) is 11.5 Å². The van der Waals surface area contributed by atoms with Gasteiger partial charge in [-0.2, -0.15) is 0 Å². The van der Waals surface area contributed by atoms with Gasteiger partial charge >= 0.3 is 5.97 Å². The van der Waals surface area contributed by atoms with Gasteiger partial charge in [-0.1, -0.05) is 54.6 Å². The van der Waals surface area contributed by atoms with Crippen LogP contribution in [0.1, 0.15) is 31.8 Å². The van der Waals surface area contributed by atoms with Gasteiger partial charge in [0.15, 0.2) is 5.76 Å².